The Labute approximate surface area is 104 Å². The van der Waals surface area contributed by atoms with Gasteiger partial charge in [0.05, 0.1) is 5.84 Å². The van der Waals surface area contributed by atoms with Crippen molar-refractivity contribution >= 4 is 5.84 Å². The molecule has 3 heteroatoms. The minimum Gasteiger partial charge on any atom is -0.388 e. The second-order valence-corrected chi connectivity index (χ2v) is 6.57. The molecule has 2 unspecified atom stereocenters. The summed E-state index contributed by atoms with van der Waals surface area (Å²) in [5.74, 6) is 1.37. The van der Waals surface area contributed by atoms with Crippen LogP contribution in [0.4, 0.5) is 0 Å². The van der Waals surface area contributed by atoms with Crippen LogP contribution in [0.2, 0.25) is 0 Å². The van der Waals surface area contributed by atoms with Gasteiger partial charge in [-0.3, -0.25) is 10.3 Å². The number of nitrogens with two attached hydrogens (primary N) is 1. The summed E-state index contributed by atoms with van der Waals surface area (Å²) in [5.41, 5.74) is 5.99. The van der Waals surface area contributed by atoms with E-state index in [9.17, 15) is 0 Å². The molecule has 3 rings (SSSR count). The van der Waals surface area contributed by atoms with Gasteiger partial charge in [-0.1, -0.05) is 6.42 Å². The van der Waals surface area contributed by atoms with Crippen molar-refractivity contribution in [2.75, 3.05) is 13.1 Å². The van der Waals surface area contributed by atoms with Crippen molar-refractivity contribution < 1.29 is 0 Å². The van der Waals surface area contributed by atoms with Gasteiger partial charge in [-0.15, -0.1) is 0 Å². The fourth-order valence-corrected chi connectivity index (χ4v) is 4.16. The highest BCUT2D eigenvalue weighted by Gasteiger charge is 2.46. The first-order chi connectivity index (χ1) is 8.19. The van der Waals surface area contributed by atoms with E-state index in [-0.39, 0.29) is 0 Å². The van der Waals surface area contributed by atoms with Crippen LogP contribution in [0.25, 0.3) is 0 Å². The lowest BCUT2D eigenvalue weighted by Gasteiger charge is -2.40. The van der Waals surface area contributed by atoms with Crippen molar-refractivity contribution in [2.24, 2.45) is 17.1 Å². The molecule has 3 N–H and O–H groups in total. The average molecular weight is 235 g/mol. The van der Waals surface area contributed by atoms with Crippen LogP contribution in [0.3, 0.4) is 0 Å². The Hall–Kier alpha value is -0.570. The summed E-state index contributed by atoms with van der Waals surface area (Å²) in [4.78, 5) is 2.75. The van der Waals surface area contributed by atoms with Gasteiger partial charge in [0.15, 0.2) is 0 Å². The molecule has 0 aromatic carbocycles. The van der Waals surface area contributed by atoms with Crippen molar-refractivity contribution in [2.45, 2.75) is 57.4 Å². The van der Waals surface area contributed by atoms with Crippen molar-refractivity contribution in [1.82, 2.24) is 4.90 Å². The molecule has 2 atom stereocenters. The van der Waals surface area contributed by atoms with E-state index in [1.165, 1.54) is 58.0 Å². The van der Waals surface area contributed by atoms with Crippen LogP contribution < -0.4 is 5.73 Å². The molecule has 1 aliphatic heterocycles. The molecule has 2 aliphatic carbocycles. The smallest absolute Gasteiger partial charge is 0.0911 e. The Morgan fingerprint density at radius 2 is 2.00 bits per heavy atom. The van der Waals surface area contributed by atoms with Gasteiger partial charge in [-0.05, 0) is 56.4 Å². The molecule has 17 heavy (non-hydrogen) atoms. The number of likely N-dealkylation sites (tertiary alicyclic amines) is 1. The van der Waals surface area contributed by atoms with Crippen LogP contribution in [0, 0.1) is 16.7 Å². The van der Waals surface area contributed by atoms with Crippen molar-refractivity contribution in [3.8, 4) is 0 Å². The first-order valence-electron chi connectivity index (χ1n) is 7.26. The molecular formula is C14H25N3. The van der Waals surface area contributed by atoms with Gasteiger partial charge in [0.2, 0.25) is 0 Å². The molecule has 3 fully saturated rings. The van der Waals surface area contributed by atoms with Crippen LogP contribution in [0.15, 0.2) is 0 Å². The third-order valence-corrected chi connectivity index (χ3v) is 5.17. The second kappa shape index (κ2) is 4.27. The van der Waals surface area contributed by atoms with Gasteiger partial charge in [0, 0.05) is 19.0 Å². The quantitative estimate of drug-likeness (QED) is 0.580. The zero-order valence-corrected chi connectivity index (χ0v) is 10.8. The lowest BCUT2D eigenvalue weighted by atomic mass is 9.90. The molecular weight excluding hydrogens is 210 g/mol. The van der Waals surface area contributed by atoms with E-state index in [0.717, 1.165) is 18.4 Å². The monoisotopic (exact) mass is 235 g/mol. The first-order valence-corrected chi connectivity index (χ1v) is 7.26. The van der Waals surface area contributed by atoms with Crippen molar-refractivity contribution in [3.05, 3.63) is 0 Å². The zero-order valence-electron chi connectivity index (χ0n) is 10.8. The highest BCUT2D eigenvalue weighted by Crippen LogP contribution is 2.51. The third-order valence-electron chi connectivity index (χ3n) is 5.17. The average Bonchev–Trinajstić information content (AvgIpc) is 2.85. The highest BCUT2D eigenvalue weighted by atomic mass is 15.2. The summed E-state index contributed by atoms with van der Waals surface area (Å²) >= 11 is 0. The number of hydrogen-bond acceptors (Lipinski definition) is 2. The molecule has 0 amide bonds. The Morgan fingerprint density at radius 3 is 2.71 bits per heavy atom. The van der Waals surface area contributed by atoms with Crippen LogP contribution in [-0.2, 0) is 0 Å². The Morgan fingerprint density at radius 1 is 1.24 bits per heavy atom. The number of amidine groups is 1. The fraction of sp³-hybridized carbons (Fsp3) is 0.929. The minimum absolute atomic E-state index is 0.391. The van der Waals surface area contributed by atoms with E-state index in [4.69, 9.17) is 11.1 Å². The molecule has 0 spiro atoms. The third kappa shape index (κ3) is 2.35. The molecule has 1 heterocycles. The summed E-state index contributed by atoms with van der Waals surface area (Å²) in [7, 11) is 0. The second-order valence-electron chi connectivity index (χ2n) is 6.57. The van der Waals surface area contributed by atoms with E-state index in [2.05, 4.69) is 4.90 Å². The van der Waals surface area contributed by atoms with Crippen LogP contribution in [0.1, 0.15) is 51.4 Å². The predicted octanol–water partition coefficient (Wildman–Crippen LogP) is 2.36. The Kier molecular flexibility index (Phi) is 2.89. The number of fused-ring (bicyclic) bond motifs is 1. The topological polar surface area (TPSA) is 53.1 Å². The number of nitrogens with zero attached hydrogens (tertiary/aromatic N) is 1. The maximum atomic E-state index is 7.51. The Balaban J connectivity index is 1.62. The Bertz CT molecular complexity index is 309. The van der Waals surface area contributed by atoms with Crippen LogP contribution >= 0.6 is 0 Å². The van der Waals surface area contributed by atoms with Gasteiger partial charge in [0.25, 0.3) is 0 Å². The highest BCUT2D eigenvalue weighted by molar-refractivity contribution is 5.78. The summed E-state index contributed by atoms with van der Waals surface area (Å²) in [6.07, 6.45) is 10.6. The normalized spacial score (nSPS) is 35.5. The lowest BCUT2D eigenvalue weighted by molar-refractivity contribution is 0.0903. The number of nitrogens with one attached hydrogen (secondary N) is 1. The summed E-state index contributed by atoms with van der Waals surface area (Å²) < 4.78 is 0. The number of hydrogen-bond donors (Lipinski definition) is 2. The predicted molar refractivity (Wildman–Crippen MR) is 70.1 cm³/mol. The minimum atomic E-state index is 0.391. The molecule has 96 valence electrons. The van der Waals surface area contributed by atoms with Gasteiger partial charge in [0.1, 0.15) is 0 Å². The largest absolute Gasteiger partial charge is 0.388 e. The van der Waals surface area contributed by atoms with Gasteiger partial charge in [-0.2, -0.15) is 0 Å². The standard InChI is InChI=1S/C14H25N3/c15-13(16)9-14(6-7-14)10-17-8-2-4-11-3-1-5-12(11)17/h11-12H,1-10H2,(H3,15,16). The van der Waals surface area contributed by atoms with E-state index in [1.54, 1.807) is 0 Å². The van der Waals surface area contributed by atoms with E-state index >= 15 is 0 Å². The lowest BCUT2D eigenvalue weighted by Crippen LogP contribution is -2.45. The maximum Gasteiger partial charge on any atom is 0.0911 e. The maximum absolute atomic E-state index is 7.51. The zero-order chi connectivity index (χ0) is 11.9. The molecule has 0 aromatic rings. The summed E-state index contributed by atoms with van der Waals surface area (Å²) in [5, 5.41) is 7.51. The van der Waals surface area contributed by atoms with E-state index in [0.29, 0.717) is 11.3 Å². The van der Waals surface area contributed by atoms with E-state index in [1.807, 2.05) is 0 Å². The van der Waals surface area contributed by atoms with E-state index < -0.39 is 0 Å². The summed E-state index contributed by atoms with van der Waals surface area (Å²) in [6.45, 7) is 2.51. The van der Waals surface area contributed by atoms with Crippen molar-refractivity contribution in [1.29, 1.82) is 5.41 Å². The van der Waals surface area contributed by atoms with Crippen LogP contribution in [0.5, 0.6) is 0 Å². The van der Waals surface area contributed by atoms with Gasteiger partial charge < -0.3 is 5.73 Å². The van der Waals surface area contributed by atoms with Gasteiger partial charge >= 0.3 is 0 Å². The van der Waals surface area contributed by atoms with Gasteiger partial charge in [-0.25, -0.2) is 0 Å². The van der Waals surface area contributed by atoms with Crippen molar-refractivity contribution in [3.63, 3.8) is 0 Å². The van der Waals surface area contributed by atoms with Crippen LogP contribution in [-0.4, -0.2) is 29.9 Å². The first kappa shape index (κ1) is 11.5. The molecule has 0 bridgehead atoms. The summed E-state index contributed by atoms with van der Waals surface area (Å²) in [6, 6.07) is 0.869. The molecule has 3 nitrogen and oxygen atoms in total. The molecule has 3 aliphatic rings. The number of rotatable bonds is 4. The molecule has 1 saturated heterocycles. The SMILES string of the molecule is N=C(N)CC1(CN2CCCC3CCCC32)CC1. The molecule has 0 radical (unpaired) electrons. The fourth-order valence-electron chi connectivity index (χ4n) is 4.16. The number of piperidine rings is 1. The molecule has 2 saturated carbocycles. The molecule has 0 aromatic heterocycles.